The first-order valence-electron chi connectivity index (χ1n) is 11.2. The highest BCUT2D eigenvalue weighted by molar-refractivity contribution is 5.70. The number of carbonyl (C=O) groups is 2. The fourth-order valence-corrected chi connectivity index (χ4v) is 4.81. The molecule has 2 aliphatic carbocycles. The van der Waals surface area contributed by atoms with Crippen LogP contribution in [0.3, 0.4) is 0 Å². The predicted molar refractivity (Wildman–Crippen MR) is 115 cm³/mol. The van der Waals surface area contributed by atoms with Gasteiger partial charge in [-0.2, -0.15) is 0 Å². The van der Waals surface area contributed by atoms with E-state index in [0.29, 0.717) is 36.8 Å². The lowest BCUT2D eigenvalue weighted by Crippen LogP contribution is -2.45. The van der Waals surface area contributed by atoms with Crippen LogP contribution < -0.4 is 11.5 Å². The largest absolute Gasteiger partial charge is 0.444 e. The van der Waals surface area contributed by atoms with Crippen molar-refractivity contribution in [2.24, 2.45) is 35.1 Å². The van der Waals surface area contributed by atoms with E-state index in [4.69, 9.17) is 20.9 Å². The molecule has 0 aromatic heterocycles. The lowest BCUT2D eigenvalue weighted by Gasteiger charge is -2.29. The standard InChI is InChI=1S/2C11H20N2O2/c2*1-11(2,3)15-10(14)13-6-7-4-8(7)9(13)5-12/h2*7-9H,4-6,12H2,1-3H3/t2*7-,8-,9-/m10/s1. The summed E-state index contributed by atoms with van der Waals surface area (Å²) in [6.07, 6.45) is 2.07. The summed E-state index contributed by atoms with van der Waals surface area (Å²) in [7, 11) is 0. The van der Waals surface area contributed by atoms with Crippen LogP contribution in [0.15, 0.2) is 0 Å². The van der Waals surface area contributed by atoms with E-state index >= 15 is 0 Å². The van der Waals surface area contributed by atoms with Gasteiger partial charge >= 0.3 is 12.2 Å². The average Bonchev–Trinajstić information content (AvgIpc) is 3.48. The van der Waals surface area contributed by atoms with Crippen molar-refractivity contribution >= 4 is 12.2 Å². The van der Waals surface area contributed by atoms with Crippen molar-refractivity contribution in [1.82, 2.24) is 9.80 Å². The molecule has 8 heteroatoms. The molecular weight excluding hydrogens is 384 g/mol. The minimum atomic E-state index is -0.414. The molecule has 0 unspecified atom stereocenters. The van der Waals surface area contributed by atoms with Crippen molar-refractivity contribution in [2.45, 2.75) is 77.7 Å². The highest BCUT2D eigenvalue weighted by Gasteiger charge is 2.55. The van der Waals surface area contributed by atoms with Crippen LogP contribution in [0.2, 0.25) is 0 Å². The molecule has 4 fully saturated rings. The van der Waals surface area contributed by atoms with Crippen LogP contribution in [-0.4, -0.2) is 71.5 Å². The molecule has 4 N–H and O–H groups in total. The number of ether oxygens (including phenoxy) is 2. The van der Waals surface area contributed by atoms with Gasteiger partial charge in [0.25, 0.3) is 0 Å². The van der Waals surface area contributed by atoms with Crippen molar-refractivity contribution in [3.63, 3.8) is 0 Å². The Labute approximate surface area is 180 Å². The quantitative estimate of drug-likeness (QED) is 0.704. The Morgan fingerprint density at radius 1 is 0.767 bits per heavy atom. The number of nitrogens with zero attached hydrogens (tertiary/aromatic N) is 2. The Hall–Kier alpha value is -1.54. The van der Waals surface area contributed by atoms with Crippen molar-refractivity contribution < 1.29 is 19.1 Å². The minimum Gasteiger partial charge on any atom is -0.444 e. The summed E-state index contributed by atoms with van der Waals surface area (Å²) in [5, 5.41) is 0. The molecular formula is C22H40N4O4. The Balaban J connectivity index is 0.000000171. The first-order valence-corrected chi connectivity index (χ1v) is 11.2. The molecule has 0 aromatic carbocycles. The van der Waals surface area contributed by atoms with Gasteiger partial charge in [-0.1, -0.05) is 0 Å². The van der Waals surface area contributed by atoms with E-state index in [1.165, 1.54) is 12.8 Å². The maximum Gasteiger partial charge on any atom is 0.410 e. The zero-order valence-corrected chi connectivity index (χ0v) is 19.4. The number of nitrogens with two attached hydrogens (primary N) is 2. The molecule has 0 spiro atoms. The van der Waals surface area contributed by atoms with Crippen molar-refractivity contribution in [1.29, 1.82) is 0 Å². The monoisotopic (exact) mass is 424 g/mol. The number of piperidine rings is 2. The van der Waals surface area contributed by atoms with E-state index in [1.54, 1.807) is 0 Å². The molecule has 6 atom stereocenters. The van der Waals surface area contributed by atoms with E-state index in [9.17, 15) is 9.59 Å². The first kappa shape index (κ1) is 23.1. The molecule has 172 valence electrons. The second-order valence-corrected chi connectivity index (χ2v) is 11.2. The van der Waals surface area contributed by atoms with Gasteiger partial charge in [0.2, 0.25) is 0 Å². The van der Waals surface area contributed by atoms with Crippen LogP contribution in [0.25, 0.3) is 0 Å². The smallest absolute Gasteiger partial charge is 0.410 e. The van der Waals surface area contributed by atoms with Crippen molar-refractivity contribution in [2.75, 3.05) is 26.2 Å². The molecule has 2 saturated carbocycles. The lowest BCUT2D eigenvalue weighted by molar-refractivity contribution is 0.0189. The number of likely N-dealkylation sites (tertiary alicyclic amines) is 2. The normalized spacial score (nSPS) is 33.9. The molecule has 0 aromatic rings. The zero-order chi connectivity index (χ0) is 22.4. The topological polar surface area (TPSA) is 111 Å². The van der Waals surface area contributed by atoms with E-state index in [1.807, 2.05) is 51.3 Å². The van der Waals surface area contributed by atoms with Gasteiger partial charge in [-0.3, -0.25) is 0 Å². The van der Waals surface area contributed by atoms with E-state index in [0.717, 1.165) is 13.1 Å². The molecule has 30 heavy (non-hydrogen) atoms. The third kappa shape index (κ3) is 5.38. The second kappa shape index (κ2) is 8.19. The third-order valence-electron chi connectivity index (χ3n) is 6.35. The maximum atomic E-state index is 11.8. The number of hydrogen-bond acceptors (Lipinski definition) is 6. The first-order chi connectivity index (χ1) is 13.8. The number of hydrogen-bond donors (Lipinski definition) is 2. The second-order valence-electron chi connectivity index (χ2n) is 11.2. The van der Waals surface area contributed by atoms with Crippen LogP contribution in [0.4, 0.5) is 9.59 Å². The Kier molecular flexibility index (Phi) is 6.31. The summed E-state index contributed by atoms with van der Waals surface area (Å²) in [5.41, 5.74) is 10.6. The molecule has 2 saturated heterocycles. The summed E-state index contributed by atoms with van der Waals surface area (Å²) in [4.78, 5) is 27.3. The SMILES string of the molecule is CC(C)(C)OC(=O)N1C[C@@H]2C[C@@H]2[C@@H]1CN.CC(C)(C)OC(=O)N1C[C@H]2C[C@H]2[C@H]1CN. The van der Waals surface area contributed by atoms with Gasteiger partial charge in [0, 0.05) is 26.2 Å². The van der Waals surface area contributed by atoms with E-state index in [-0.39, 0.29) is 24.3 Å². The van der Waals surface area contributed by atoms with Gasteiger partial charge in [-0.15, -0.1) is 0 Å². The molecule has 2 heterocycles. The number of amides is 2. The van der Waals surface area contributed by atoms with Crippen LogP contribution in [0.1, 0.15) is 54.4 Å². The molecule has 0 radical (unpaired) electrons. The number of rotatable bonds is 2. The van der Waals surface area contributed by atoms with Crippen molar-refractivity contribution in [3.05, 3.63) is 0 Å². The Morgan fingerprint density at radius 3 is 1.37 bits per heavy atom. The van der Waals surface area contributed by atoms with Crippen LogP contribution >= 0.6 is 0 Å². The van der Waals surface area contributed by atoms with Crippen molar-refractivity contribution in [3.8, 4) is 0 Å². The van der Waals surface area contributed by atoms with Gasteiger partial charge in [0.15, 0.2) is 0 Å². The van der Waals surface area contributed by atoms with Gasteiger partial charge < -0.3 is 30.7 Å². The minimum absolute atomic E-state index is 0.204. The number of carbonyl (C=O) groups excluding carboxylic acids is 2. The summed E-state index contributed by atoms with van der Waals surface area (Å²) in [6.45, 7) is 14.1. The third-order valence-corrected chi connectivity index (χ3v) is 6.35. The summed E-state index contributed by atoms with van der Waals surface area (Å²) in [5.74, 6) is 2.65. The fourth-order valence-electron chi connectivity index (χ4n) is 4.81. The Bertz CT molecular complexity index is 601. The fraction of sp³-hybridized carbons (Fsp3) is 0.909. The summed E-state index contributed by atoms with van der Waals surface area (Å²) < 4.78 is 10.7. The summed E-state index contributed by atoms with van der Waals surface area (Å²) >= 11 is 0. The molecule has 0 bridgehead atoms. The lowest BCUT2D eigenvalue weighted by atomic mass is 10.2. The maximum absolute atomic E-state index is 11.8. The predicted octanol–water partition coefficient (Wildman–Crippen LogP) is 2.40. The Morgan fingerprint density at radius 2 is 1.10 bits per heavy atom. The molecule has 4 rings (SSSR count). The van der Waals surface area contributed by atoms with Gasteiger partial charge in [-0.25, -0.2) is 9.59 Å². The van der Waals surface area contributed by atoms with E-state index < -0.39 is 11.2 Å². The van der Waals surface area contributed by atoms with Crippen LogP contribution in [0, 0.1) is 23.7 Å². The summed E-state index contributed by atoms with van der Waals surface area (Å²) in [6, 6.07) is 0.426. The van der Waals surface area contributed by atoms with Crippen LogP contribution in [-0.2, 0) is 9.47 Å². The zero-order valence-electron chi connectivity index (χ0n) is 19.4. The van der Waals surface area contributed by atoms with Gasteiger partial charge in [-0.05, 0) is 78.1 Å². The van der Waals surface area contributed by atoms with Crippen LogP contribution in [0.5, 0.6) is 0 Å². The highest BCUT2D eigenvalue weighted by Crippen LogP contribution is 2.50. The van der Waals surface area contributed by atoms with Gasteiger partial charge in [0.05, 0.1) is 12.1 Å². The van der Waals surface area contributed by atoms with Gasteiger partial charge in [0.1, 0.15) is 11.2 Å². The molecule has 8 nitrogen and oxygen atoms in total. The average molecular weight is 425 g/mol. The molecule has 2 aliphatic heterocycles. The number of fused-ring (bicyclic) bond motifs is 2. The molecule has 2 amide bonds. The highest BCUT2D eigenvalue weighted by atomic mass is 16.6. The van der Waals surface area contributed by atoms with E-state index in [2.05, 4.69) is 0 Å². The molecule has 4 aliphatic rings.